The predicted octanol–water partition coefficient (Wildman–Crippen LogP) is 6.30. The van der Waals surface area contributed by atoms with Crippen LogP contribution in [-0.4, -0.2) is 0 Å². The van der Waals surface area contributed by atoms with E-state index in [1.54, 1.807) is 0 Å². The van der Waals surface area contributed by atoms with Gasteiger partial charge in [-0.1, -0.05) is 90.4 Å². The summed E-state index contributed by atoms with van der Waals surface area (Å²) < 4.78 is 0. The summed E-state index contributed by atoms with van der Waals surface area (Å²) >= 11 is 0. The van der Waals surface area contributed by atoms with Crippen LogP contribution >= 0.6 is 0 Å². The Hall–Kier alpha value is 0.649. The first-order chi connectivity index (χ1) is 7.91. The van der Waals surface area contributed by atoms with Gasteiger partial charge in [0.25, 0.3) is 0 Å². The summed E-state index contributed by atoms with van der Waals surface area (Å²) in [5.41, 5.74) is 0. The number of hydrogen-bond acceptors (Lipinski definition) is 0. The van der Waals surface area contributed by atoms with Crippen molar-refractivity contribution in [2.45, 2.75) is 96.8 Å². The van der Waals surface area contributed by atoms with Crippen molar-refractivity contribution in [2.75, 3.05) is 0 Å². The Morgan fingerprint density at radius 3 is 1.12 bits per heavy atom. The van der Waals surface area contributed by atoms with E-state index in [1.165, 1.54) is 83.5 Å². The van der Waals surface area contributed by atoms with E-state index in [0.717, 1.165) is 6.42 Å². The Kier molecular flexibility index (Phi) is 22.3. The Labute approximate surface area is 124 Å². The average Bonchev–Trinajstić information content (AvgIpc) is 2.31. The van der Waals surface area contributed by atoms with Crippen LogP contribution in [0.15, 0.2) is 0 Å². The molecule has 0 nitrogen and oxygen atoms in total. The van der Waals surface area contributed by atoms with Crippen molar-refractivity contribution in [1.29, 1.82) is 0 Å². The minimum Gasteiger partial charge on any atom is -0.343 e. The molecule has 0 aromatic rings. The van der Waals surface area contributed by atoms with Crippen LogP contribution in [-0.2, 0) is 20.1 Å². The molecular weight excluding hydrogens is 384 g/mol. The van der Waals surface area contributed by atoms with Gasteiger partial charge in [-0.05, 0) is 0 Å². The van der Waals surface area contributed by atoms with Crippen molar-refractivity contribution in [1.82, 2.24) is 0 Å². The summed E-state index contributed by atoms with van der Waals surface area (Å²) in [5.74, 6) is 0. The molecule has 0 heterocycles. The van der Waals surface area contributed by atoms with Crippen LogP contribution in [0.5, 0.6) is 0 Å². The van der Waals surface area contributed by atoms with E-state index in [1.807, 2.05) is 0 Å². The van der Waals surface area contributed by atoms with Crippen LogP contribution in [0.1, 0.15) is 96.8 Å². The zero-order valence-electron chi connectivity index (χ0n) is 11.9. The molecular formula is C16H33Ir-. The van der Waals surface area contributed by atoms with E-state index in [0.29, 0.717) is 0 Å². The second kappa shape index (κ2) is 19.0. The molecule has 107 valence electrons. The van der Waals surface area contributed by atoms with Crippen molar-refractivity contribution >= 4 is 0 Å². The maximum atomic E-state index is 3.87. The molecule has 0 saturated carbocycles. The molecule has 0 bridgehead atoms. The number of rotatable bonds is 13. The second-order valence-corrected chi connectivity index (χ2v) is 5.10. The van der Waals surface area contributed by atoms with Crippen LogP contribution in [0.25, 0.3) is 0 Å². The molecule has 0 aromatic carbocycles. The Bertz CT molecular complexity index is 98.1. The third-order valence-corrected chi connectivity index (χ3v) is 3.35. The van der Waals surface area contributed by atoms with Gasteiger partial charge in [0.15, 0.2) is 0 Å². The van der Waals surface area contributed by atoms with E-state index in [-0.39, 0.29) is 20.1 Å². The van der Waals surface area contributed by atoms with Crippen molar-refractivity contribution < 1.29 is 20.1 Å². The molecule has 0 aliphatic carbocycles. The van der Waals surface area contributed by atoms with E-state index in [9.17, 15) is 0 Å². The minimum absolute atomic E-state index is 0. The molecule has 0 N–H and O–H groups in total. The van der Waals surface area contributed by atoms with Gasteiger partial charge in [0.05, 0.1) is 0 Å². The Morgan fingerprint density at radius 2 is 0.824 bits per heavy atom. The van der Waals surface area contributed by atoms with E-state index < -0.39 is 0 Å². The summed E-state index contributed by atoms with van der Waals surface area (Å²) in [6.07, 6.45) is 19.8. The summed E-state index contributed by atoms with van der Waals surface area (Å²) in [6.45, 7) is 6.16. The van der Waals surface area contributed by atoms with Crippen molar-refractivity contribution in [3.63, 3.8) is 0 Å². The molecule has 0 aliphatic rings. The van der Waals surface area contributed by atoms with Crippen molar-refractivity contribution in [3.05, 3.63) is 6.92 Å². The summed E-state index contributed by atoms with van der Waals surface area (Å²) in [5, 5.41) is 0. The largest absolute Gasteiger partial charge is 0.343 e. The van der Waals surface area contributed by atoms with Gasteiger partial charge in [-0.2, -0.15) is 6.42 Å². The normalized spacial score (nSPS) is 10.2. The smallest absolute Gasteiger partial charge is 0 e. The Morgan fingerprint density at radius 1 is 0.529 bits per heavy atom. The van der Waals surface area contributed by atoms with Crippen LogP contribution in [0.3, 0.4) is 0 Å². The predicted molar refractivity (Wildman–Crippen MR) is 75.7 cm³/mol. The van der Waals surface area contributed by atoms with Crippen molar-refractivity contribution in [3.8, 4) is 0 Å². The fourth-order valence-corrected chi connectivity index (χ4v) is 2.19. The first kappa shape index (κ1) is 20.0. The van der Waals surface area contributed by atoms with Gasteiger partial charge < -0.3 is 6.92 Å². The quantitative estimate of drug-likeness (QED) is 0.244. The topological polar surface area (TPSA) is 0 Å². The third kappa shape index (κ3) is 19.2. The van der Waals surface area contributed by atoms with Gasteiger partial charge in [0.2, 0.25) is 0 Å². The van der Waals surface area contributed by atoms with Gasteiger partial charge in [-0.3, -0.25) is 0 Å². The third-order valence-electron chi connectivity index (χ3n) is 3.35. The van der Waals surface area contributed by atoms with E-state index >= 15 is 0 Å². The molecule has 0 atom stereocenters. The minimum atomic E-state index is 0. The van der Waals surface area contributed by atoms with Crippen molar-refractivity contribution in [2.24, 2.45) is 0 Å². The molecule has 0 aliphatic heterocycles. The molecule has 0 aromatic heterocycles. The molecule has 0 rings (SSSR count). The van der Waals surface area contributed by atoms with Crippen LogP contribution in [0, 0.1) is 6.92 Å². The van der Waals surface area contributed by atoms with E-state index in [4.69, 9.17) is 0 Å². The SMILES string of the molecule is [CH2-]CCCCCCCCCCCCCCC.[Ir]. The number of hydrogen-bond donors (Lipinski definition) is 0. The second-order valence-electron chi connectivity index (χ2n) is 5.10. The van der Waals surface area contributed by atoms with Crippen LogP contribution < -0.4 is 0 Å². The molecule has 0 saturated heterocycles. The van der Waals surface area contributed by atoms with Crippen LogP contribution in [0.4, 0.5) is 0 Å². The van der Waals surface area contributed by atoms with Gasteiger partial charge in [-0.15, -0.1) is 0 Å². The molecule has 1 radical (unpaired) electrons. The zero-order valence-corrected chi connectivity index (χ0v) is 14.3. The first-order valence-electron chi connectivity index (χ1n) is 7.71. The fraction of sp³-hybridized carbons (Fsp3) is 0.938. The Balaban J connectivity index is 0. The summed E-state index contributed by atoms with van der Waals surface area (Å²) in [6, 6.07) is 0. The zero-order chi connectivity index (χ0) is 11.9. The molecule has 1 heteroatoms. The average molecular weight is 418 g/mol. The maximum absolute atomic E-state index is 3.87. The van der Waals surface area contributed by atoms with Crippen LogP contribution in [0.2, 0.25) is 0 Å². The standard InChI is InChI=1S/C16H33.Ir/c1-3-5-7-9-11-13-15-16-14-12-10-8-6-4-2;/h1,3-16H2,2H3;/q-1;. The van der Waals surface area contributed by atoms with Gasteiger partial charge in [0.1, 0.15) is 0 Å². The molecule has 0 amide bonds. The number of unbranched alkanes of at least 4 members (excludes halogenated alkanes) is 13. The monoisotopic (exact) mass is 418 g/mol. The van der Waals surface area contributed by atoms with E-state index in [2.05, 4.69) is 13.8 Å². The molecule has 0 fully saturated rings. The molecule has 0 unspecified atom stereocenters. The fourth-order valence-electron chi connectivity index (χ4n) is 2.19. The first-order valence-corrected chi connectivity index (χ1v) is 7.71. The van der Waals surface area contributed by atoms with Gasteiger partial charge in [-0.25, -0.2) is 0 Å². The summed E-state index contributed by atoms with van der Waals surface area (Å²) in [4.78, 5) is 0. The maximum Gasteiger partial charge on any atom is 0 e. The molecule has 0 spiro atoms. The molecule has 17 heavy (non-hydrogen) atoms. The van der Waals surface area contributed by atoms with Gasteiger partial charge >= 0.3 is 0 Å². The summed E-state index contributed by atoms with van der Waals surface area (Å²) in [7, 11) is 0. The van der Waals surface area contributed by atoms with Gasteiger partial charge in [0, 0.05) is 20.1 Å².